The zero-order valence-corrected chi connectivity index (χ0v) is 13.8. The van der Waals surface area contributed by atoms with Crippen LogP contribution >= 0.6 is 0 Å². The molecule has 1 aromatic carbocycles. The molecule has 1 amide bonds. The topological polar surface area (TPSA) is 50.2 Å². The summed E-state index contributed by atoms with van der Waals surface area (Å²) in [4.78, 5) is 14.4. The Balaban J connectivity index is 1.81. The number of halogens is 3. The van der Waals surface area contributed by atoms with Gasteiger partial charge in [-0.2, -0.15) is 18.3 Å². The number of amides is 1. The van der Waals surface area contributed by atoms with E-state index in [4.69, 9.17) is 0 Å². The number of piperidine rings is 1. The van der Waals surface area contributed by atoms with Gasteiger partial charge in [-0.25, -0.2) is 4.68 Å². The molecule has 1 saturated heterocycles. The Morgan fingerprint density at radius 1 is 1.28 bits per heavy atom. The molecule has 0 unspecified atom stereocenters. The number of carbonyl (C=O) groups excluding carboxylic acids is 1. The van der Waals surface area contributed by atoms with Gasteiger partial charge in [0.25, 0.3) is 5.91 Å². The van der Waals surface area contributed by atoms with Crippen LogP contribution in [-0.2, 0) is 6.18 Å². The SMILES string of the molecule is CN(C(=O)c1cccc(-n2ccc(C(F)(F)F)n2)c1)C1CCNCC1. The van der Waals surface area contributed by atoms with Crippen molar-refractivity contribution in [1.29, 1.82) is 0 Å². The van der Waals surface area contributed by atoms with Gasteiger partial charge in [-0.05, 0) is 50.2 Å². The molecule has 1 aliphatic rings. The lowest BCUT2D eigenvalue weighted by atomic mass is 10.0. The maximum Gasteiger partial charge on any atom is 0.435 e. The predicted molar refractivity (Wildman–Crippen MR) is 86.6 cm³/mol. The van der Waals surface area contributed by atoms with E-state index in [1.807, 2.05) is 0 Å². The summed E-state index contributed by atoms with van der Waals surface area (Å²) < 4.78 is 39.2. The molecule has 25 heavy (non-hydrogen) atoms. The van der Waals surface area contributed by atoms with Crippen LogP contribution in [0, 0.1) is 0 Å². The van der Waals surface area contributed by atoms with Crippen molar-refractivity contribution in [3.63, 3.8) is 0 Å². The van der Waals surface area contributed by atoms with E-state index in [-0.39, 0.29) is 11.9 Å². The second-order valence-corrected chi connectivity index (χ2v) is 6.09. The van der Waals surface area contributed by atoms with Crippen molar-refractivity contribution in [2.24, 2.45) is 0 Å². The number of carbonyl (C=O) groups is 1. The Morgan fingerprint density at radius 3 is 2.64 bits per heavy atom. The van der Waals surface area contributed by atoms with Crippen LogP contribution in [0.15, 0.2) is 36.5 Å². The molecular formula is C17H19F3N4O. The lowest BCUT2D eigenvalue weighted by Gasteiger charge is -2.31. The molecule has 1 N–H and O–H groups in total. The zero-order chi connectivity index (χ0) is 18.0. The lowest BCUT2D eigenvalue weighted by molar-refractivity contribution is -0.141. The van der Waals surface area contributed by atoms with Gasteiger partial charge in [0.15, 0.2) is 5.69 Å². The Hall–Kier alpha value is -2.35. The van der Waals surface area contributed by atoms with Crippen LogP contribution in [0.25, 0.3) is 5.69 Å². The molecule has 0 saturated carbocycles. The number of hydrogen-bond donors (Lipinski definition) is 1. The van der Waals surface area contributed by atoms with Gasteiger partial charge >= 0.3 is 6.18 Å². The highest BCUT2D eigenvalue weighted by atomic mass is 19.4. The van der Waals surface area contributed by atoms with E-state index in [9.17, 15) is 18.0 Å². The summed E-state index contributed by atoms with van der Waals surface area (Å²) in [5.74, 6) is -0.142. The summed E-state index contributed by atoms with van der Waals surface area (Å²) >= 11 is 0. The first-order chi connectivity index (χ1) is 11.9. The quantitative estimate of drug-likeness (QED) is 0.924. The molecule has 8 heteroatoms. The number of rotatable bonds is 3. The van der Waals surface area contributed by atoms with Crippen LogP contribution in [0.5, 0.6) is 0 Å². The van der Waals surface area contributed by atoms with Gasteiger partial charge in [0.2, 0.25) is 0 Å². The average Bonchev–Trinajstić information content (AvgIpc) is 3.12. The molecule has 1 aliphatic heterocycles. The molecule has 2 heterocycles. The number of nitrogens with zero attached hydrogens (tertiary/aromatic N) is 3. The lowest BCUT2D eigenvalue weighted by Crippen LogP contribution is -2.43. The van der Waals surface area contributed by atoms with Crippen LogP contribution in [-0.4, -0.2) is 46.8 Å². The van der Waals surface area contributed by atoms with Crippen LogP contribution in [0.2, 0.25) is 0 Å². The average molecular weight is 352 g/mol. The van der Waals surface area contributed by atoms with Crippen molar-refractivity contribution in [2.75, 3.05) is 20.1 Å². The molecule has 0 radical (unpaired) electrons. The summed E-state index contributed by atoms with van der Waals surface area (Å²) in [6.07, 6.45) is -1.48. The smallest absolute Gasteiger partial charge is 0.339 e. The first-order valence-electron chi connectivity index (χ1n) is 8.07. The van der Waals surface area contributed by atoms with Crippen LogP contribution in [0.3, 0.4) is 0 Å². The van der Waals surface area contributed by atoms with Gasteiger partial charge in [0.1, 0.15) is 0 Å². The fourth-order valence-corrected chi connectivity index (χ4v) is 2.96. The van der Waals surface area contributed by atoms with E-state index in [1.165, 1.54) is 6.20 Å². The van der Waals surface area contributed by atoms with Crippen molar-refractivity contribution < 1.29 is 18.0 Å². The van der Waals surface area contributed by atoms with Gasteiger partial charge in [0.05, 0.1) is 5.69 Å². The molecular weight excluding hydrogens is 333 g/mol. The molecule has 2 aromatic rings. The van der Waals surface area contributed by atoms with E-state index in [2.05, 4.69) is 10.4 Å². The normalized spacial score (nSPS) is 16.0. The Labute approximate surface area is 143 Å². The van der Waals surface area contributed by atoms with E-state index in [0.29, 0.717) is 11.3 Å². The summed E-state index contributed by atoms with van der Waals surface area (Å²) in [5.41, 5.74) is -0.112. The Bertz CT molecular complexity index is 750. The molecule has 1 aromatic heterocycles. The minimum absolute atomic E-state index is 0.142. The molecule has 0 bridgehead atoms. The maximum atomic E-state index is 12.7. The number of nitrogens with one attached hydrogen (secondary N) is 1. The van der Waals surface area contributed by atoms with E-state index < -0.39 is 11.9 Å². The molecule has 0 atom stereocenters. The van der Waals surface area contributed by atoms with Crippen molar-refractivity contribution in [2.45, 2.75) is 25.1 Å². The maximum absolute atomic E-state index is 12.7. The van der Waals surface area contributed by atoms with Crippen molar-refractivity contribution >= 4 is 5.91 Å². The van der Waals surface area contributed by atoms with Crippen molar-refractivity contribution in [3.8, 4) is 5.69 Å². The molecule has 0 aliphatic carbocycles. The van der Waals surface area contributed by atoms with Crippen LogP contribution in [0.1, 0.15) is 28.9 Å². The minimum Gasteiger partial charge on any atom is -0.339 e. The van der Waals surface area contributed by atoms with Gasteiger partial charge in [-0.15, -0.1) is 0 Å². The second kappa shape index (κ2) is 6.87. The number of aromatic nitrogens is 2. The standard InChI is InChI=1S/C17H19F3N4O/c1-23(13-5-8-21-9-6-13)16(25)12-3-2-4-14(11-12)24-10-7-15(22-24)17(18,19)20/h2-4,7,10-11,13,21H,5-6,8-9H2,1H3. The van der Waals surface area contributed by atoms with E-state index in [1.54, 1.807) is 36.2 Å². The van der Waals surface area contributed by atoms with Crippen LogP contribution < -0.4 is 5.32 Å². The first kappa shape index (κ1) is 17.5. The fourth-order valence-electron chi connectivity index (χ4n) is 2.96. The van der Waals surface area contributed by atoms with Crippen molar-refractivity contribution in [3.05, 3.63) is 47.8 Å². The largest absolute Gasteiger partial charge is 0.435 e. The molecule has 3 rings (SSSR count). The predicted octanol–water partition coefficient (Wildman–Crippen LogP) is 2.72. The summed E-state index contributed by atoms with van der Waals surface area (Å²) in [5, 5.41) is 6.80. The summed E-state index contributed by atoms with van der Waals surface area (Å²) in [6.45, 7) is 1.74. The van der Waals surface area contributed by atoms with Gasteiger partial charge in [-0.1, -0.05) is 6.07 Å². The number of alkyl halides is 3. The third kappa shape index (κ3) is 3.84. The number of benzene rings is 1. The van der Waals surface area contributed by atoms with Gasteiger partial charge in [0, 0.05) is 24.8 Å². The second-order valence-electron chi connectivity index (χ2n) is 6.09. The van der Waals surface area contributed by atoms with Gasteiger partial charge in [-0.3, -0.25) is 4.79 Å². The third-order valence-electron chi connectivity index (χ3n) is 4.41. The molecule has 0 spiro atoms. The minimum atomic E-state index is -4.49. The number of hydrogen-bond acceptors (Lipinski definition) is 3. The fraction of sp³-hybridized carbons (Fsp3) is 0.412. The monoisotopic (exact) mass is 352 g/mol. The highest BCUT2D eigenvalue weighted by Gasteiger charge is 2.33. The molecule has 5 nitrogen and oxygen atoms in total. The van der Waals surface area contributed by atoms with Crippen molar-refractivity contribution in [1.82, 2.24) is 20.0 Å². The summed E-state index contributed by atoms with van der Waals surface area (Å²) in [7, 11) is 1.76. The Kier molecular flexibility index (Phi) is 4.80. The molecule has 1 fully saturated rings. The van der Waals surface area contributed by atoms with E-state index in [0.717, 1.165) is 36.7 Å². The van der Waals surface area contributed by atoms with E-state index >= 15 is 0 Å². The van der Waals surface area contributed by atoms with Gasteiger partial charge < -0.3 is 10.2 Å². The third-order valence-corrected chi connectivity index (χ3v) is 4.41. The highest BCUT2D eigenvalue weighted by molar-refractivity contribution is 5.94. The first-order valence-corrected chi connectivity index (χ1v) is 8.07. The Morgan fingerprint density at radius 2 is 2.00 bits per heavy atom. The zero-order valence-electron chi connectivity index (χ0n) is 13.8. The highest BCUT2D eigenvalue weighted by Crippen LogP contribution is 2.28. The van der Waals surface area contributed by atoms with Crippen LogP contribution in [0.4, 0.5) is 13.2 Å². The molecule has 134 valence electrons. The summed E-state index contributed by atoms with van der Waals surface area (Å²) in [6, 6.07) is 7.57.